The lowest BCUT2D eigenvalue weighted by Crippen LogP contribution is -2.48. The fourth-order valence-electron chi connectivity index (χ4n) is 3.32. The fourth-order valence-corrected chi connectivity index (χ4v) is 4.50. The molecule has 1 fully saturated rings. The lowest BCUT2D eigenvalue weighted by atomic mass is 10.1. The number of unbranched alkanes of at least 4 members (excludes halogenated alkanes) is 2. The van der Waals surface area contributed by atoms with E-state index in [0.29, 0.717) is 0 Å². The SMILES string of the molecule is Cc1c(C(=O)N2CCN(CCCCCO)CC2)sc2ccccc12. The molecule has 1 aliphatic rings. The Labute approximate surface area is 147 Å². The van der Waals surface area contributed by atoms with Crippen molar-refractivity contribution < 1.29 is 9.90 Å². The number of aryl methyl sites for hydroxylation is 1. The zero-order valence-corrected chi connectivity index (χ0v) is 15.1. The Hall–Kier alpha value is -1.43. The highest BCUT2D eigenvalue weighted by atomic mass is 32.1. The van der Waals surface area contributed by atoms with Gasteiger partial charge in [0, 0.05) is 37.5 Å². The van der Waals surface area contributed by atoms with Crippen LogP contribution in [0.1, 0.15) is 34.5 Å². The van der Waals surface area contributed by atoms with E-state index in [0.717, 1.165) is 62.4 Å². The van der Waals surface area contributed by atoms with Crippen molar-refractivity contribution in [1.29, 1.82) is 0 Å². The standard InChI is InChI=1S/C19H26N2O2S/c1-15-16-7-3-4-8-17(16)24-18(15)19(23)21-12-10-20(11-13-21)9-5-2-6-14-22/h3-4,7-8,22H,2,5-6,9-14H2,1H3. The van der Waals surface area contributed by atoms with Crippen LogP contribution in [0.3, 0.4) is 0 Å². The van der Waals surface area contributed by atoms with Crippen molar-refractivity contribution in [2.24, 2.45) is 0 Å². The van der Waals surface area contributed by atoms with E-state index >= 15 is 0 Å². The van der Waals surface area contributed by atoms with Crippen LogP contribution in [0.5, 0.6) is 0 Å². The Morgan fingerprint density at radius 2 is 1.88 bits per heavy atom. The minimum absolute atomic E-state index is 0.189. The van der Waals surface area contributed by atoms with E-state index in [9.17, 15) is 4.79 Å². The predicted octanol–water partition coefficient (Wildman–Crippen LogP) is 3.13. The lowest BCUT2D eigenvalue weighted by molar-refractivity contribution is 0.0639. The molecule has 2 heterocycles. The van der Waals surface area contributed by atoms with E-state index in [4.69, 9.17) is 5.11 Å². The Balaban J connectivity index is 1.57. The van der Waals surface area contributed by atoms with Crippen molar-refractivity contribution in [3.8, 4) is 0 Å². The molecule has 1 N–H and O–H groups in total. The number of carbonyl (C=O) groups is 1. The molecule has 5 heteroatoms. The zero-order chi connectivity index (χ0) is 16.9. The quantitative estimate of drug-likeness (QED) is 0.817. The summed E-state index contributed by atoms with van der Waals surface area (Å²) < 4.78 is 1.20. The molecule has 0 unspecified atom stereocenters. The second-order valence-corrected chi connectivity index (χ2v) is 7.52. The zero-order valence-electron chi connectivity index (χ0n) is 14.3. The lowest BCUT2D eigenvalue weighted by Gasteiger charge is -2.34. The number of aliphatic hydroxyl groups excluding tert-OH is 1. The van der Waals surface area contributed by atoms with Gasteiger partial charge in [-0.3, -0.25) is 9.69 Å². The van der Waals surface area contributed by atoms with Crippen LogP contribution in [-0.4, -0.2) is 60.1 Å². The van der Waals surface area contributed by atoms with Crippen LogP contribution in [0.4, 0.5) is 0 Å². The first kappa shape index (κ1) is 17.4. The Morgan fingerprint density at radius 3 is 2.58 bits per heavy atom. The van der Waals surface area contributed by atoms with Crippen LogP contribution in [0.2, 0.25) is 0 Å². The second-order valence-electron chi connectivity index (χ2n) is 6.47. The van der Waals surface area contributed by atoms with Crippen molar-refractivity contribution in [2.45, 2.75) is 26.2 Å². The maximum atomic E-state index is 12.9. The predicted molar refractivity (Wildman–Crippen MR) is 99.8 cm³/mol. The molecule has 1 aromatic heterocycles. The number of hydrogen-bond donors (Lipinski definition) is 1. The summed E-state index contributed by atoms with van der Waals surface area (Å²) in [7, 11) is 0. The summed E-state index contributed by atoms with van der Waals surface area (Å²) in [6, 6.07) is 8.25. The number of hydrogen-bond acceptors (Lipinski definition) is 4. The molecule has 0 atom stereocenters. The van der Waals surface area contributed by atoms with Gasteiger partial charge in [0.05, 0.1) is 4.88 Å². The van der Waals surface area contributed by atoms with Crippen molar-refractivity contribution in [3.63, 3.8) is 0 Å². The van der Waals surface area contributed by atoms with Gasteiger partial charge >= 0.3 is 0 Å². The molecule has 24 heavy (non-hydrogen) atoms. The first-order valence-electron chi connectivity index (χ1n) is 8.81. The third kappa shape index (κ3) is 3.79. The monoisotopic (exact) mass is 346 g/mol. The number of benzene rings is 1. The van der Waals surface area contributed by atoms with Crippen molar-refractivity contribution in [2.75, 3.05) is 39.3 Å². The normalized spacial score (nSPS) is 16.0. The molecule has 3 rings (SSSR count). The number of thiophene rings is 1. The summed E-state index contributed by atoms with van der Waals surface area (Å²) in [5.74, 6) is 0.189. The third-order valence-electron chi connectivity index (χ3n) is 4.83. The maximum Gasteiger partial charge on any atom is 0.264 e. The van der Waals surface area contributed by atoms with Gasteiger partial charge in [-0.1, -0.05) is 18.2 Å². The van der Waals surface area contributed by atoms with Crippen LogP contribution < -0.4 is 0 Å². The maximum absolute atomic E-state index is 12.9. The molecule has 1 aliphatic heterocycles. The van der Waals surface area contributed by atoms with Gasteiger partial charge < -0.3 is 10.0 Å². The van der Waals surface area contributed by atoms with Gasteiger partial charge in [-0.2, -0.15) is 0 Å². The Kier molecular flexibility index (Phi) is 5.87. The molecular weight excluding hydrogens is 320 g/mol. The summed E-state index contributed by atoms with van der Waals surface area (Å²) in [6.45, 7) is 6.95. The third-order valence-corrected chi connectivity index (χ3v) is 6.09. The highest BCUT2D eigenvalue weighted by Gasteiger charge is 2.24. The van der Waals surface area contributed by atoms with Gasteiger partial charge in [-0.15, -0.1) is 11.3 Å². The van der Waals surface area contributed by atoms with Gasteiger partial charge in [0.2, 0.25) is 0 Å². The van der Waals surface area contributed by atoms with E-state index < -0.39 is 0 Å². The van der Waals surface area contributed by atoms with Crippen LogP contribution in [-0.2, 0) is 0 Å². The van der Waals surface area contributed by atoms with Gasteiger partial charge in [0.25, 0.3) is 5.91 Å². The molecule has 0 saturated carbocycles. The molecule has 0 radical (unpaired) electrons. The van der Waals surface area contributed by atoms with Crippen molar-refractivity contribution in [3.05, 3.63) is 34.7 Å². The largest absolute Gasteiger partial charge is 0.396 e. The van der Waals surface area contributed by atoms with Crippen molar-refractivity contribution in [1.82, 2.24) is 9.80 Å². The van der Waals surface area contributed by atoms with Crippen LogP contribution in [0.25, 0.3) is 10.1 Å². The molecule has 1 aromatic carbocycles. The number of rotatable bonds is 6. The first-order chi connectivity index (χ1) is 11.7. The number of aliphatic hydroxyl groups is 1. The minimum atomic E-state index is 0.189. The molecule has 4 nitrogen and oxygen atoms in total. The van der Waals surface area contributed by atoms with E-state index in [2.05, 4.69) is 24.0 Å². The molecule has 0 spiro atoms. The average Bonchev–Trinajstić information content (AvgIpc) is 2.96. The topological polar surface area (TPSA) is 43.8 Å². The number of fused-ring (bicyclic) bond motifs is 1. The molecule has 130 valence electrons. The smallest absolute Gasteiger partial charge is 0.264 e. The number of piperazine rings is 1. The van der Waals surface area contributed by atoms with E-state index in [1.165, 1.54) is 10.1 Å². The molecule has 2 aromatic rings. The Bertz CT molecular complexity index is 690. The number of nitrogens with zero attached hydrogens (tertiary/aromatic N) is 2. The van der Waals surface area contributed by atoms with Gasteiger partial charge in [0.1, 0.15) is 0 Å². The van der Waals surface area contributed by atoms with E-state index in [-0.39, 0.29) is 12.5 Å². The van der Waals surface area contributed by atoms with Crippen LogP contribution >= 0.6 is 11.3 Å². The van der Waals surface area contributed by atoms with Crippen molar-refractivity contribution >= 4 is 27.3 Å². The minimum Gasteiger partial charge on any atom is -0.396 e. The summed E-state index contributed by atoms with van der Waals surface area (Å²) in [4.78, 5) is 18.2. The molecule has 1 saturated heterocycles. The number of carbonyl (C=O) groups excluding carboxylic acids is 1. The molecule has 0 aliphatic carbocycles. The van der Waals surface area contributed by atoms with E-state index in [1.807, 2.05) is 17.0 Å². The van der Waals surface area contributed by atoms with Gasteiger partial charge in [-0.25, -0.2) is 0 Å². The highest BCUT2D eigenvalue weighted by Crippen LogP contribution is 2.31. The summed E-state index contributed by atoms with van der Waals surface area (Å²) in [5.41, 5.74) is 1.12. The molecule has 1 amide bonds. The summed E-state index contributed by atoms with van der Waals surface area (Å²) in [6.07, 6.45) is 3.10. The first-order valence-corrected chi connectivity index (χ1v) is 9.63. The number of amides is 1. The van der Waals surface area contributed by atoms with Crippen LogP contribution in [0, 0.1) is 6.92 Å². The van der Waals surface area contributed by atoms with Crippen LogP contribution in [0.15, 0.2) is 24.3 Å². The molecule has 0 bridgehead atoms. The van der Waals surface area contributed by atoms with Gasteiger partial charge in [0.15, 0.2) is 0 Å². The second kappa shape index (κ2) is 8.10. The summed E-state index contributed by atoms with van der Waals surface area (Å²) >= 11 is 1.62. The Morgan fingerprint density at radius 1 is 1.12 bits per heavy atom. The van der Waals surface area contributed by atoms with E-state index in [1.54, 1.807) is 11.3 Å². The summed E-state index contributed by atoms with van der Waals surface area (Å²) in [5, 5.41) is 10.0. The molecular formula is C19H26N2O2S. The highest BCUT2D eigenvalue weighted by molar-refractivity contribution is 7.21. The van der Waals surface area contributed by atoms with Gasteiger partial charge in [-0.05, 0) is 49.7 Å². The fraction of sp³-hybridized carbons (Fsp3) is 0.526. The average molecular weight is 346 g/mol.